The monoisotopic (exact) mass is 425 g/mol. The fourth-order valence-electron chi connectivity index (χ4n) is 2.88. The molecule has 4 aromatic rings. The Kier molecular flexibility index (Phi) is 5.33. The number of anilines is 1. The van der Waals surface area contributed by atoms with Gasteiger partial charge in [-0.05, 0) is 25.1 Å². The molecule has 0 saturated heterocycles. The molecule has 0 spiro atoms. The lowest BCUT2D eigenvalue weighted by Crippen LogP contribution is -2.13. The van der Waals surface area contributed by atoms with Gasteiger partial charge in [-0.1, -0.05) is 47.1 Å². The summed E-state index contributed by atoms with van der Waals surface area (Å²) in [6.45, 7) is 1.71. The van der Waals surface area contributed by atoms with E-state index in [1.165, 1.54) is 11.3 Å². The van der Waals surface area contributed by atoms with Crippen molar-refractivity contribution in [1.82, 2.24) is 10.1 Å². The molecule has 0 bridgehead atoms. The summed E-state index contributed by atoms with van der Waals surface area (Å²) in [7, 11) is 1.56. The number of ether oxygens (including phenoxy) is 1. The van der Waals surface area contributed by atoms with E-state index in [0.29, 0.717) is 38.6 Å². The average molecular weight is 426 g/mol. The molecule has 8 heteroatoms. The van der Waals surface area contributed by atoms with Crippen LogP contribution in [0.2, 0.25) is 5.02 Å². The summed E-state index contributed by atoms with van der Waals surface area (Å²) < 4.78 is 10.4. The molecule has 0 aliphatic carbocycles. The van der Waals surface area contributed by atoms with Crippen LogP contribution in [-0.4, -0.2) is 23.2 Å². The van der Waals surface area contributed by atoms with Crippen LogP contribution >= 0.6 is 22.9 Å². The minimum atomic E-state index is -0.323. The van der Waals surface area contributed by atoms with Crippen LogP contribution in [0, 0.1) is 6.92 Å². The molecule has 6 nitrogen and oxygen atoms in total. The van der Waals surface area contributed by atoms with Crippen molar-refractivity contribution in [1.29, 1.82) is 0 Å². The van der Waals surface area contributed by atoms with Gasteiger partial charge in [-0.25, -0.2) is 4.98 Å². The quantitative estimate of drug-likeness (QED) is 0.444. The third kappa shape index (κ3) is 3.87. The molecule has 4 rings (SSSR count). The number of amides is 1. The molecule has 0 saturated carbocycles. The normalized spacial score (nSPS) is 10.7. The lowest BCUT2D eigenvalue weighted by molar-refractivity contribution is 0.102. The second-order valence-electron chi connectivity index (χ2n) is 6.17. The maximum Gasteiger partial charge on any atom is 0.263 e. The predicted molar refractivity (Wildman–Crippen MR) is 114 cm³/mol. The summed E-state index contributed by atoms with van der Waals surface area (Å²) >= 11 is 7.52. The van der Waals surface area contributed by atoms with E-state index in [4.69, 9.17) is 20.9 Å². The molecule has 2 aromatic carbocycles. The fourth-order valence-corrected chi connectivity index (χ4v) is 3.85. The van der Waals surface area contributed by atoms with Crippen LogP contribution in [-0.2, 0) is 0 Å². The van der Waals surface area contributed by atoms with Crippen molar-refractivity contribution >= 4 is 34.0 Å². The highest BCUT2D eigenvalue weighted by molar-refractivity contribution is 7.14. The van der Waals surface area contributed by atoms with Gasteiger partial charge in [0.2, 0.25) is 0 Å². The van der Waals surface area contributed by atoms with Crippen LogP contribution in [0.25, 0.3) is 22.5 Å². The maximum absolute atomic E-state index is 12.9. The first-order valence-electron chi connectivity index (χ1n) is 8.69. The third-order valence-electron chi connectivity index (χ3n) is 4.31. The minimum absolute atomic E-state index is 0.323. The molecule has 0 radical (unpaired) electrons. The number of aryl methyl sites for hydroxylation is 1. The number of carbonyl (C=O) groups excluding carboxylic acids is 1. The van der Waals surface area contributed by atoms with Crippen molar-refractivity contribution in [2.45, 2.75) is 6.92 Å². The molecule has 0 aliphatic heterocycles. The predicted octanol–water partition coefficient (Wildman–Crippen LogP) is 5.69. The number of benzene rings is 2. The summed E-state index contributed by atoms with van der Waals surface area (Å²) in [5.74, 6) is 0.715. The molecule has 0 unspecified atom stereocenters. The van der Waals surface area contributed by atoms with Crippen molar-refractivity contribution in [3.05, 3.63) is 70.3 Å². The van der Waals surface area contributed by atoms with Gasteiger partial charge in [-0.15, -0.1) is 11.3 Å². The number of nitrogens with zero attached hydrogens (tertiary/aromatic N) is 2. The van der Waals surface area contributed by atoms with Crippen LogP contribution in [0.1, 0.15) is 16.1 Å². The molecule has 29 heavy (non-hydrogen) atoms. The number of rotatable bonds is 5. The molecule has 0 atom stereocenters. The molecule has 1 N–H and O–H groups in total. The van der Waals surface area contributed by atoms with Crippen molar-refractivity contribution in [3.63, 3.8) is 0 Å². The van der Waals surface area contributed by atoms with Crippen molar-refractivity contribution < 1.29 is 14.1 Å². The summed E-state index contributed by atoms with van der Waals surface area (Å²) in [5.41, 5.74) is 3.24. The van der Waals surface area contributed by atoms with E-state index in [9.17, 15) is 4.79 Å². The zero-order valence-electron chi connectivity index (χ0n) is 15.6. The van der Waals surface area contributed by atoms with E-state index >= 15 is 0 Å². The zero-order chi connectivity index (χ0) is 20.4. The van der Waals surface area contributed by atoms with E-state index in [2.05, 4.69) is 15.5 Å². The van der Waals surface area contributed by atoms with Gasteiger partial charge in [-0.2, -0.15) is 0 Å². The molecule has 1 amide bonds. The number of aromatic nitrogens is 2. The van der Waals surface area contributed by atoms with E-state index < -0.39 is 0 Å². The maximum atomic E-state index is 12.9. The Morgan fingerprint density at radius 1 is 1.17 bits per heavy atom. The number of methoxy groups -OCH3 is 1. The Morgan fingerprint density at radius 2 is 1.97 bits per heavy atom. The average Bonchev–Trinajstić information content (AvgIpc) is 3.35. The van der Waals surface area contributed by atoms with Crippen LogP contribution in [0.5, 0.6) is 5.75 Å². The standard InChI is InChI=1S/C21H16ClN3O3S/c1-12-18(19(25-28-12)13-6-4-3-5-7-13)20(26)24-21-23-16(11-29-21)14-8-9-17(27-2)15(22)10-14/h3-11H,1-2H3,(H,23,24,26). The molecular formula is C21H16ClN3O3S. The largest absolute Gasteiger partial charge is 0.495 e. The van der Waals surface area contributed by atoms with Gasteiger partial charge in [0.25, 0.3) is 5.91 Å². The first kappa shape index (κ1) is 19.2. The number of halogens is 1. The van der Waals surface area contributed by atoms with Crippen molar-refractivity contribution in [2.75, 3.05) is 12.4 Å². The van der Waals surface area contributed by atoms with Gasteiger partial charge in [0, 0.05) is 16.5 Å². The Bertz CT molecular complexity index is 1170. The van der Waals surface area contributed by atoms with Crippen LogP contribution in [0.15, 0.2) is 58.4 Å². The Morgan fingerprint density at radius 3 is 2.69 bits per heavy atom. The highest BCUT2D eigenvalue weighted by atomic mass is 35.5. The number of nitrogens with one attached hydrogen (secondary N) is 1. The second-order valence-corrected chi connectivity index (χ2v) is 7.44. The molecular weight excluding hydrogens is 410 g/mol. The van der Waals surface area contributed by atoms with E-state index in [-0.39, 0.29) is 5.91 Å². The van der Waals surface area contributed by atoms with Crippen molar-refractivity contribution in [2.24, 2.45) is 0 Å². The van der Waals surface area contributed by atoms with Crippen LogP contribution < -0.4 is 10.1 Å². The van der Waals surface area contributed by atoms with E-state index in [1.807, 2.05) is 41.8 Å². The summed E-state index contributed by atoms with van der Waals surface area (Å²) in [4.78, 5) is 17.4. The first-order valence-corrected chi connectivity index (χ1v) is 9.95. The number of thiazole rings is 1. The summed E-state index contributed by atoms with van der Waals surface area (Å²) in [6.07, 6.45) is 0. The van der Waals surface area contributed by atoms with Crippen LogP contribution in [0.4, 0.5) is 5.13 Å². The number of hydrogen-bond acceptors (Lipinski definition) is 6. The summed E-state index contributed by atoms with van der Waals surface area (Å²) in [5, 5.41) is 9.70. The number of hydrogen-bond donors (Lipinski definition) is 1. The Balaban J connectivity index is 1.58. The lowest BCUT2D eigenvalue weighted by atomic mass is 10.1. The third-order valence-corrected chi connectivity index (χ3v) is 5.36. The molecule has 0 fully saturated rings. The number of carbonyl (C=O) groups is 1. The van der Waals surface area contributed by atoms with Crippen molar-refractivity contribution in [3.8, 4) is 28.3 Å². The van der Waals surface area contributed by atoms with Gasteiger partial charge < -0.3 is 9.26 Å². The zero-order valence-corrected chi connectivity index (χ0v) is 17.2. The highest BCUT2D eigenvalue weighted by Crippen LogP contribution is 2.32. The van der Waals surface area contributed by atoms with E-state index in [1.54, 1.807) is 26.2 Å². The molecule has 146 valence electrons. The summed E-state index contributed by atoms with van der Waals surface area (Å²) in [6, 6.07) is 14.8. The lowest BCUT2D eigenvalue weighted by Gasteiger charge is -2.04. The van der Waals surface area contributed by atoms with Gasteiger partial charge in [0.1, 0.15) is 22.8 Å². The second kappa shape index (κ2) is 8.06. The van der Waals surface area contributed by atoms with E-state index in [0.717, 1.165) is 11.1 Å². The topological polar surface area (TPSA) is 77.2 Å². The van der Waals surface area contributed by atoms with Gasteiger partial charge >= 0.3 is 0 Å². The smallest absolute Gasteiger partial charge is 0.263 e. The Hall–Kier alpha value is -3.16. The first-order chi connectivity index (χ1) is 14.1. The molecule has 0 aliphatic rings. The molecule has 2 aromatic heterocycles. The highest BCUT2D eigenvalue weighted by Gasteiger charge is 2.22. The minimum Gasteiger partial charge on any atom is -0.495 e. The Labute approximate surface area is 176 Å². The van der Waals surface area contributed by atoms with Gasteiger partial charge in [0.05, 0.1) is 17.8 Å². The fraction of sp³-hybridized carbons (Fsp3) is 0.0952. The van der Waals surface area contributed by atoms with Gasteiger partial charge in [-0.3, -0.25) is 10.1 Å². The SMILES string of the molecule is COc1ccc(-c2csc(NC(=O)c3c(-c4ccccc4)noc3C)n2)cc1Cl. The molecule has 2 heterocycles. The van der Waals surface area contributed by atoms with Crippen LogP contribution in [0.3, 0.4) is 0 Å². The van der Waals surface area contributed by atoms with Gasteiger partial charge in [0.15, 0.2) is 5.13 Å².